The number of ether oxygens (including phenoxy) is 2. The monoisotopic (exact) mass is 520 g/mol. The number of hydrogen-bond acceptors (Lipinski definition) is 8. The molecule has 2 aliphatic heterocycles. The smallest absolute Gasteiger partial charge is 0.229 e. The molecule has 208 valence electrons. The van der Waals surface area contributed by atoms with Gasteiger partial charge in [-0.05, 0) is 74.0 Å². The van der Waals surface area contributed by atoms with Gasteiger partial charge in [0.05, 0.1) is 6.61 Å². The summed E-state index contributed by atoms with van der Waals surface area (Å²) >= 11 is 0. The first-order valence-corrected chi connectivity index (χ1v) is 14.3. The zero-order chi connectivity index (χ0) is 26.4. The molecule has 3 saturated carbocycles. The molecular formula is C29H44O8. The Hall–Kier alpha value is -1.26. The lowest BCUT2D eigenvalue weighted by Gasteiger charge is -2.68. The van der Waals surface area contributed by atoms with Crippen LogP contribution in [-0.2, 0) is 20.1 Å². The highest BCUT2D eigenvalue weighted by Gasteiger charge is 2.73. The summed E-state index contributed by atoms with van der Waals surface area (Å²) in [5.74, 6) is 2.90. The van der Waals surface area contributed by atoms with E-state index in [2.05, 4.69) is 6.92 Å². The van der Waals surface area contributed by atoms with Gasteiger partial charge in [-0.2, -0.15) is 0 Å². The van der Waals surface area contributed by atoms with Crippen LogP contribution in [0.15, 0.2) is 24.3 Å². The molecule has 4 N–H and O–H groups in total. The minimum absolute atomic E-state index is 0.342. The summed E-state index contributed by atoms with van der Waals surface area (Å²) in [6, 6.07) is 7.58. The molecule has 2 heterocycles. The van der Waals surface area contributed by atoms with Crippen LogP contribution in [0.2, 0.25) is 0 Å². The lowest BCUT2D eigenvalue weighted by Crippen LogP contribution is -2.74. The zero-order valence-electron chi connectivity index (χ0n) is 22.3. The summed E-state index contributed by atoms with van der Waals surface area (Å²) in [5, 5.41) is 40.1. The van der Waals surface area contributed by atoms with Crippen molar-refractivity contribution in [2.24, 2.45) is 23.7 Å². The number of hydrogen-bond donors (Lipinski definition) is 4. The molecule has 2 bridgehead atoms. The van der Waals surface area contributed by atoms with E-state index in [9.17, 15) is 20.4 Å². The Bertz CT molecular complexity index is 925. The molecule has 2 saturated heterocycles. The Labute approximate surface area is 219 Å². The third-order valence-electron chi connectivity index (χ3n) is 9.87. The van der Waals surface area contributed by atoms with Gasteiger partial charge in [-0.15, -0.1) is 0 Å². The summed E-state index contributed by atoms with van der Waals surface area (Å²) < 4.78 is 11.5. The van der Waals surface area contributed by atoms with E-state index in [4.69, 9.17) is 19.2 Å². The van der Waals surface area contributed by atoms with Crippen molar-refractivity contribution >= 4 is 0 Å². The van der Waals surface area contributed by atoms with E-state index in [0.29, 0.717) is 23.5 Å². The van der Waals surface area contributed by atoms with E-state index in [1.165, 1.54) is 51.4 Å². The van der Waals surface area contributed by atoms with E-state index in [0.717, 1.165) is 11.5 Å². The van der Waals surface area contributed by atoms with Gasteiger partial charge in [-0.25, -0.2) is 9.78 Å². The number of rotatable bonds is 4. The Morgan fingerprint density at radius 1 is 0.946 bits per heavy atom. The highest BCUT2D eigenvalue weighted by molar-refractivity contribution is 5.37. The molecule has 3 aliphatic carbocycles. The predicted octanol–water partition coefficient (Wildman–Crippen LogP) is 3.43. The normalized spacial score (nSPS) is 46.7. The van der Waals surface area contributed by atoms with Gasteiger partial charge in [0.2, 0.25) is 6.29 Å². The van der Waals surface area contributed by atoms with Crippen LogP contribution in [0.1, 0.15) is 77.7 Å². The second-order valence-electron chi connectivity index (χ2n) is 11.5. The minimum atomic E-state index is -1.48. The van der Waals surface area contributed by atoms with Crippen LogP contribution >= 0.6 is 0 Å². The van der Waals surface area contributed by atoms with Gasteiger partial charge < -0.3 is 29.9 Å². The molecule has 0 amide bonds. The van der Waals surface area contributed by atoms with E-state index in [1.54, 1.807) is 6.07 Å². The molecule has 1 aromatic rings. The first-order valence-electron chi connectivity index (χ1n) is 14.3. The lowest BCUT2D eigenvalue weighted by molar-refractivity contribution is -0.590. The maximum atomic E-state index is 10.4. The first kappa shape index (κ1) is 27.3. The van der Waals surface area contributed by atoms with Crippen molar-refractivity contribution in [1.29, 1.82) is 0 Å². The van der Waals surface area contributed by atoms with Crippen molar-refractivity contribution in [2.45, 2.75) is 114 Å². The SMILES string of the molecule is CC.CC1(c2cccc(O[C@@H]3OC(CO)[C@@H](O)[C@H](O)C3O)c2)OOC12C1CCCC2C2CCCCC2C1. The maximum Gasteiger partial charge on any atom is 0.229 e. The third kappa shape index (κ3) is 4.24. The Morgan fingerprint density at radius 3 is 2.46 bits per heavy atom. The summed E-state index contributed by atoms with van der Waals surface area (Å²) in [7, 11) is 0. The van der Waals surface area contributed by atoms with Crippen LogP contribution in [0.4, 0.5) is 0 Å². The summed E-state index contributed by atoms with van der Waals surface area (Å²) in [6.07, 6.45) is 3.48. The highest BCUT2D eigenvalue weighted by Crippen LogP contribution is 2.67. The van der Waals surface area contributed by atoms with Crippen LogP contribution in [0, 0.1) is 23.7 Å². The van der Waals surface area contributed by atoms with Crippen LogP contribution in [0.5, 0.6) is 5.75 Å². The fourth-order valence-electron chi connectivity index (χ4n) is 8.14. The van der Waals surface area contributed by atoms with Gasteiger partial charge in [0.25, 0.3) is 0 Å². The zero-order valence-corrected chi connectivity index (χ0v) is 22.3. The third-order valence-corrected chi connectivity index (χ3v) is 9.87. The van der Waals surface area contributed by atoms with Gasteiger partial charge in [0.15, 0.2) is 5.60 Å². The predicted molar refractivity (Wildman–Crippen MR) is 135 cm³/mol. The van der Waals surface area contributed by atoms with Gasteiger partial charge in [-0.1, -0.05) is 51.7 Å². The van der Waals surface area contributed by atoms with E-state index >= 15 is 0 Å². The van der Waals surface area contributed by atoms with E-state index < -0.39 is 42.9 Å². The van der Waals surface area contributed by atoms with Crippen LogP contribution < -0.4 is 4.74 Å². The molecule has 11 atom stereocenters. The van der Waals surface area contributed by atoms with Crippen molar-refractivity contribution in [2.75, 3.05) is 6.61 Å². The Kier molecular flexibility index (Phi) is 7.91. The molecule has 37 heavy (non-hydrogen) atoms. The second-order valence-corrected chi connectivity index (χ2v) is 11.5. The van der Waals surface area contributed by atoms with Gasteiger partial charge >= 0.3 is 0 Å². The number of benzene rings is 1. The average Bonchev–Trinajstić information content (AvgIpc) is 2.93. The largest absolute Gasteiger partial charge is 0.462 e. The Balaban J connectivity index is 0.00000137. The molecule has 8 unspecified atom stereocenters. The molecule has 0 radical (unpaired) electrons. The lowest BCUT2D eigenvalue weighted by atomic mass is 9.46. The van der Waals surface area contributed by atoms with Crippen molar-refractivity contribution in [3.05, 3.63) is 29.8 Å². The number of aliphatic hydroxyl groups is 4. The minimum Gasteiger partial charge on any atom is -0.462 e. The van der Waals surface area contributed by atoms with Crippen LogP contribution in [-0.4, -0.2) is 63.3 Å². The van der Waals surface area contributed by atoms with E-state index in [-0.39, 0.29) is 5.60 Å². The molecule has 5 aliphatic rings. The van der Waals surface area contributed by atoms with Gasteiger partial charge in [0, 0.05) is 0 Å². The Morgan fingerprint density at radius 2 is 1.73 bits per heavy atom. The van der Waals surface area contributed by atoms with Crippen molar-refractivity contribution in [3.63, 3.8) is 0 Å². The fourth-order valence-corrected chi connectivity index (χ4v) is 8.14. The quantitative estimate of drug-likeness (QED) is 0.446. The molecule has 1 aromatic carbocycles. The first-order chi connectivity index (χ1) is 17.9. The number of fused-ring (bicyclic) bond motifs is 2. The summed E-state index contributed by atoms with van der Waals surface area (Å²) in [5.41, 5.74) is 0.00262. The molecule has 0 aromatic heterocycles. The average molecular weight is 521 g/mol. The summed E-state index contributed by atoms with van der Waals surface area (Å²) in [4.78, 5) is 12.2. The van der Waals surface area contributed by atoms with Gasteiger partial charge in [0.1, 0.15) is 35.8 Å². The topological polar surface area (TPSA) is 118 Å². The summed E-state index contributed by atoms with van der Waals surface area (Å²) in [6.45, 7) is 5.64. The number of aliphatic hydroxyl groups excluding tert-OH is 4. The molecule has 8 nitrogen and oxygen atoms in total. The molecular weight excluding hydrogens is 476 g/mol. The fraction of sp³-hybridized carbons (Fsp3) is 0.793. The standard InChI is InChI=1S/C27H38O8.C2H6/c1-26(27(35-34-26)17-8-5-11-20(27)19-10-3-2-6-15(19)12-17)16-7-4-9-18(13-16)32-25-24(31)23(30)22(29)21(14-28)33-25;1-2/h4,7,9,13,15,17,19-25,28-31H,2-3,5-6,8,10-12,14H2,1H3;1-2H3/t15?,17?,19?,20?,21?,22-,23+,24?,25-,26?,27?;/m1./s1. The van der Waals surface area contributed by atoms with Crippen LogP contribution in [0.3, 0.4) is 0 Å². The van der Waals surface area contributed by atoms with Crippen LogP contribution in [0.25, 0.3) is 0 Å². The van der Waals surface area contributed by atoms with Gasteiger partial charge in [-0.3, -0.25) is 0 Å². The van der Waals surface area contributed by atoms with Crippen molar-refractivity contribution in [3.8, 4) is 5.75 Å². The molecule has 5 fully saturated rings. The molecule has 6 rings (SSSR count). The highest BCUT2D eigenvalue weighted by atomic mass is 17.3. The molecule has 1 spiro atoms. The second kappa shape index (κ2) is 10.7. The van der Waals surface area contributed by atoms with Crippen molar-refractivity contribution in [1.82, 2.24) is 0 Å². The van der Waals surface area contributed by atoms with E-state index in [1.807, 2.05) is 32.0 Å². The van der Waals surface area contributed by atoms with Crippen molar-refractivity contribution < 1.29 is 39.7 Å². The molecule has 8 heteroatoms. The maximum absolute atomic E-state index is 10.4.